The highest BCUT2D eigenvalue weighted by molar-refractivity contribution is 14.1. The SMILES string of the molecule is COc1ccc(C2CCN(I)CC2)cc1. The van der Waals surface area contributed by atoms with E-state index in [2.05, 4.69) is 50.2 Å². The average molecular weight is 317 g/mol. The van der Waals surface area contributed by atoms with E-state index in [1.54, 1.807) is 7.11 Å². The number of nitrogens with zero attached hydrogens (tertiary/aromatic N) is 1. The van der Waals surface area contributed by atoms with Crippen LogP contribution in [0.2, 0.25) is 0 Å². The second-order valence-electron chi connectivity index (χ2n) is 3.96. The van der Waals surface area contributed by atoms with Crippen molar-refractivity contribution in [3.05, 3.63) is 29.8 Å². The third-order valence-electron chi connectivity index (χ3n) is 3.03. The molecule has 1 aliphatic rings. The van der Waals surface area contributed by atoms with Crippen LogP contribution in [0.15, 0.2) is 24.3 Å². The van der Waals surface area contributed by atoms with Crippen molar-refractivity contribution < 1.29 is 4.74 Å². The summed E-state index contributed by atoms with van der Waals surface area (Å²) >= 11 is 2.41. The van der Waals surface area contributed by atoms with Gasteiger partial charge < -0.3 is 4.74 Å². The molecule has 0 atom stereocenters. The van der Waals surface area contributed by atoms with Gasteiger partial charge in [-0.2, -0.15) is 0 Å². The molecule has 0 saturated carbocycles. The third-order valence-corrected chi connectivity index (χ3v) is 3.99. The fourth-order valence-electron chi connectivity index (χ4n) is 2.06. The molecule has 0 spiro atoms. The predicted molar refractivity (Wildman–Crippen MR) is 70.6 cm³/mol. The van der Waals surface area contributed by atoms with Gasteiger partial charge in [-0.15, -0.1) is 0 Å². The Labute approximate surface area is 105 Å². The van der Waals surface area contributed by atoms with Crippen LogP contribution in [-0.2, 0) is 0 Å². The van der Waals surface area contributed by atoms with E-state index in [0.29, 0.717) is 0 Å². The number of hydrogen-bond acceptors (Lipinski definition) is 2. The molecule has 1 aromatic rings. The van der Waals surface area contributed by atoms with Crippen molar-refractivity contribution in [2.24, 2.45) is 0 Å². The maximum Gasteiger partial charge on any atom is 0.118 e. The van der Waals surface area contributed by atoms with E-state index in [9.17, 15) is 0 Å². The lowest BCUT2D eigenvalue weighted by molar-refractivity contribution is 0.368. The Kier molecular flexibility index (Phi) is 3.86. The highest BCUT2D eigenvalue weighted by atomic mass is 127. The molecule has 0 N–H and O–H groups in total. The van der Waals surface area contributed by atoms with Crippen LogP contribution in [0.4, 0.5) is 0 Å². The number of piperidine rings is 1. The first-order valence-electron chi connectivity index (χ1n) is 5.34. The molecule has 0 unspecified atom stereocenters. The average Bonchev–Trinajstić information content (AvgIpc) is 2.30. The zero-order valence-corrected chi connectivity index (χ0v) is 11.1. The van der Waals surface area contributed by atoms with Crippen molar-refractivity contribution in [1.82, 2.24) is 3.11 Å². The lowest BCUT2D eigenvalue weighted by Crippen LogP contribution is -2.24. The van der Waals surface area contributed by atoms with E-state index in [4.69, 9.17) is 4.74 Å². The van der Waals surface area contributed by atoms with Gasteiger partial charge in [-0.3, -0.25) is 0 Å². The molecule has 0 amide bonds. The maximum absolute atomic E-state index is 5.16. The summed E-state index contributed by atoms with van der Waals surface area (Å²) in [6.45, 7) is 2.41. The van der Waals surface area contributed by atoms with Gasteiger partial charge in [-0.25, -0.2) is 3.11 Å². The molecule has 3 heteroatoms. The summed E-state index contributed by atoms with van der Waals surface area (Å²) in [5.41, 5.74) is 1.46. The van der Waals surface area contributed by atoms with Crippen LogP contribution in [0, 0.1) is 0 Å². The fraction of sp³-hybridized carbons (Fsp3) is 0.500. The van der Waals surface area contributed by atoms with Crippen LogP contribution in [0.25, 0.3) is 0 Å². The molecule has 0 aromatic heterocycles. The molecule has 82 valence electrons. The summed E-state index contributed by atoms with van der Waals surface area (Å²) in [5, 5.41) is 0. The van der Waals surface area contributed by atoms with Gasteiger partial charge in [0.1, 0.15) is 5.75 Å². The molecule has 2 rings (SSSR count). The van der Waals surface area contributed by atoms with Gasteiger partial charge >= 0.3 is 0 Å². The summed E-state index contributed by atoms with van der Waals surface area (Å²) in [6.07, 6.45) is 2.55. The van der Waals surface area contributed by atoms with Crippen molar-refractivity contribution >= 4 is 22.9 Å². The summed E-state index contributed by atoms with van der Waals surface area (Å²) in [6, 6.07) is 8.52. The molecule has 1 fully saturated rings. The number of hydrogen-bond donors (Lipinski definition) is 0. The molecule has 0 radical (unpaired) electrons. The fourth-order valence-corrected chi connectivity index (χ4v) is 2.61. The van der Waals surface area contributed by atoms with Gasteiger partial charge in [0.25, 0.3) is 0 Å². The van der Waals surface area contributed by atoms with E-state index in [1.807, 2.05) is 0 Å². The van der Waals surface area contributed by atoms with Crippen LogP contribution in [0.1, 0.15) is 24.3 Å². The second kappa shape index (κ2) is 5.16. The molecule has 15 heavy (non-hydrogen) atoms. The summed E-state index contributed by atoms with van der Waals surface area (Å²) < 4.78 is 7.54. The molecular formula is C12H16INO. The zero-order chi connectivity index (χ0) is 10.7. The van der Waals surface area contributed by atoms with Crippen LogP contribution in [0.3, 0.4) is 0 Å². The van der Waals surface area contributed by atoms with Crippen LogP contribution in [0.5, 0.6) is 5.75 Å². The van der Waals surface area contributed by atoms with Gasteiger partial charge in [-0.1, -0.05) is 12.1 Å². The van der Waals surface area contributed by atoms with E-state index < -0.39 is 0 Å². The molecule has 1 saturated heterocycles. The first-order valence-corrected chi connectivity index (χ1v) is 6.31. The van der Waals surface area contributed by atoms with Gasteiger partial charge in [0.2, 0.25) is 0 Å². The molecule has 1 aliphatic heterocycles. The topological polar surface area (TPSA) is 12.5 Å². The van der Waals surface area contributed by atoms with E-state index in [0.717, 1.165) is 11.7 Å². The van der Waals surface area contributed by atoms with E-state index in [1.165, 1.54) is 31.5 Å². The standard InChI is InChI=1S/C12H16INO/c1-15-12-4-2-10(3-5-12)11-6-8-14(13)9-7-11/h2-5,11H,6-9H2,1H3. The lowest BCUT2D eigenvalue weighted by Gasteiger charge is -2.27. The first-order chi connectivity index (χ1) is 7.29. The minimum atomic E-state index is 0.738. The monoisotopic (exact) mass is 317 g/mol. The molecule has 1 aromatic carbocycles. The van der Waals surface area contributed by atoms with Gasteiger partial charge in [0, 0.05) is 36.0 Å². The number of benzene rings is 1. The van der Waals surface area contributed by atoms with Crippen LogP contribution >= 0.6 is 22.9 Å². The molecule has 0 aliphatic carbocycles. The summed E-state index contributed by atoms with van der Waals surface area (Å²) in [7, 11) is 1.71. The second-order valence-corrected chi connectivity index (χ2v) is 5.32. The van der Waals surface area contributed by atoms with Gasteiger partial charge in [0.15, 0.2) is 0 Å². The largest absolute Gasteiger partial charge is 0.497 e. The minimum absolute atomic E-state index is 0.738. The van der Waals surface area contributed by atoms with Gasteiger partial charge in [0.05, 0.1) is 7.11 Å². The minimum Gasteiger partial charge on any atom is -0.497 e. The Morgan fingerprint density at radius 1 is 1.20 bits per heavy atom. The van der Waals surface area contributed by atoms with Crippen molar-refractivity contribution in [1.29, 1.82) is 0 Å². The number of halogens is 1. The summed E-state index contributed by atoms with van der Waals surface area (Å²) in [4.78, 5) is 0. The maximum atomic E-state index is 5.16. The molecule has 0 bridgehead atoms. The number of rotatable bonds is 2. The smallest absolute Gasteiger partial charge is 0.118 e. The normalized spacial score (nSPS) is 19.1. The highest BCUT2D eigenvalue weighted by Gasteiger charge is 2.18. The zero-order valence-electron chi connectivity index (χ0n) is 8.95. The lowest BCUT2D eigenvalue weighted by atomic mass is 9.90. The quantitative estimate of drug-likeness (QED) is 0.613. The molecule has 2 nitrogen and oxygen atoms in total. The van der Waals surface area contributed by atoms with Crippen molar-refractivity contribution in [3.63, 3.8) is 0 Å². The Balaban J connectivity index is 2.03. The van der Waals surface area contributed by atoms with Gasteiger partial charge in [-0.05, 0) is 36.5 Å². The van der Waals surface area contributed by atoms with Crippen molar-refractivity contribution in [3.8, 4) is 5.75 Å². The molecular weight excluding hydrogens is 301 g/mol. The first kappa shape index (κ1) is 11.2. The van der Waals surface area contributed by atoms with Crippen LogP contribution < -0.4 is 4.74 Å². The van der Waals surface area contributed by atoms with Crippen molar-refractivity contribution in [2.45, 2.75) is 18.8 Å². The Hall–Kier alpha value is -0.290. The van der Waals surface area contributed by atoms with E-state index >= 15 is 0 Å². The highest BCUT2D eigenvalue weighted by Crippen LogP contribution is 2.30. The molecule has 1 heterocycles. The Morgan fingerprint density at radius 3 is 2.33 bits per heavy atom. The number of methoxy groups -OCH3 is 1. The summed E-state index contributed by atoms with van der Waals surface area (Å²) in [5.74, 6) is 1.69. The Morgan fingerprint density at radius 2 is 1.80 bits per heavy atom. The van der Waals surface area contributed by atoms with Crippen LogP contribution in [-0.4, -0.2) is 23.3 Å². The third kappa shape index (κ3) is 2.84. The number of ether oxygens (including phenoxy) is 1. The Bertz CT molecular complexity index is 304. The predicted octanol–water partition coefficient (Wildman–Crippen LogP) is 3.22. The van der Waals surface area contributed by atoms with Crippen molar-refractivity contribution in [2.75, 3.05) is 20.2 Å². The van der Waals surface area contributed by atoms with E-state index in [-0.39, 0.29) is 0 Å².